The number of rotatable bonds is 6. The SMILES string of the molecule is CC(=O)N[C@H]1[C@@H]2O[C@H]3[C@H](O)[C@@H](O)[C@@H](O[C@@H]3C(=O)O)O[C@]3(O)[C@H](O)[C@@H](NC(C)=O)[C@H](O[C@H]4[C@H](O)[C@@H](O)[C@H](O[C@@H]([C@@H]1O)[C@@H](CO)O2)O[C@@H]4C(=O)O)O[C@@H]3CO. The van der Waals surface area contributed by atoms with Crippen LogP contribution in [0.15, 0.2) is 0 Å². The molecule has 20 atom stereocenters. The van der Waals surface area contributed by atoms with Gasteiger partial charge in [0.15, 0.2) is 37.4 Å². The van der Waals surface area contributed by atoms with Crippen LogP contribution in [0.3, 0.4) is 0 Å². The van der Waals surface area contributed by atoms with Gasteiger partial charge in [0.05, 0.1) is 13.2 Å². The van der Waals surface area contributed by atoms with E-state index in [0.29, 0.717) is 0 Å². The number of ether oxygens (including phenoxy) is 8. The zero-order valence-electron chi connectivity index (χ0n) is 27.7. The summed E-state index contributed by atoms with van der Waals surface area (Å²) in [4.78, 5) is 49.3. The summed E-state index contributed by atoms with van der Waals surface area (Å²) in [7, 11) is 0. The Labute approximate surface area is 297 Å². The van der Waals surface area contributed by atoms with Crippen molar-refractivity contribution in [3.8, 4) is 0 Å². The lowest BCUT2D eigenvalue weighted by Crippen LogP contribution is -2.75. The molecule has 11 aliphatic heterocycles. The molecule has 0 aliphatic carbocycles. The highest BCUT2D eigenvalue weighted by atomic mass is 16.8. The van der Waals surface area contributed by atoms with Crippen LogP contribution in [0, 0.1) is 0 Å². The molecule has 11 rings (SSSR count). The van der Waals surface area contributed by atoms with Gasteiger partial charge in [0.25, 0.3) is 0 Å². The largest absolute Gasteiger partial charge is 0.479 e. The van der Waals surface area contributed by atoms with E-state index in [1.54, 1.807) is 0 Å². The van der Waals surface area contributed by atoms with Crippen LogP contribution in [-0.2, 0) is 57.1 Å². The highest BCUT2D eigenvalue weighted by molar-refractivity contribution is 5.74. The fourth-order valence-electron chi connectivity index (χ4n) is 6.73. The minimum atomic E-state index is -3.28. The van der Waals surface area contributed by atoms with E-state index in [1.165, 1.54) is 0 Å². The van der Waals surface area contributed by atoms with E-state index in [0.717, 1.165) is 13.8 Å². The Balaban J connectivity index is 1.64. The third-order valence-corrected chi connectivity index (χ3v) is 9.33. The maximum absolute atomic E-state index is 12.4. The second kappa shape index (κ2) is 16.1. The van der Waals surface area contributed by atoms with E-state index in [2.05, 4.69) is 10.6 Å². The van der Waals surface area contributed by atoms with Crippen molar-refractivity contribution in [2.45, 2.75) is 136 Å². The molecule has 0 aromatic rings. The number of hydrogen-bond donors (Lipinski definition) is 13. The number of carboxylic acids is 2. The molecule has 25 nitrogen and oxygen atoms in total. The van der Waals surface area contributed by atoms with E-state index >= 15 is 0 Å². The zero-order chi connectivity index (χ0) is 39.3. The molecule has 0 aromatic carbocycles. The second-order valence-electron chi connectivity index (χ2n) is 13.0. The molecule has 53 heavy (non-hydrogen) atoms. The molecule has 13 N–H and O–H groups in total. The summed E-state index contributed by atoms with van der Waals surface area (Å²) in [6.45, 7) is -0.389. The standard InChI is InChI=1S/C28H42N2O23/c1-5(33)29-9-11(35)16-7(3-31)46-24(9)49-18-13(37)15(39)27(52-20(18)23(43)44)53-28(45)8(4-32)47-25(10(21(28)40)30-6(2)34)50-17-12(36)14(38)26(48-16)51-19(17)22(41)42/h7-21,24-27,31-32,35-40,45H,3-4H2,1-2H3,(H,29,33)(H,30,34)(H,41,42)(H,43,44)/t7-,8-,9-,10-,11-,12-,13-,14-,15-,16-,17+,18+,19+,20+,21-,24+,25+,26-,27+,28+/m1/s1. The van der Waals surface area contributed by atoms with Crippen molar-refractivity contribution < 1.29 is 113 Å². The van der Waals surface area contributed by atoms with Gasteiger partial charge >= 0.3 is 11.9 Å². The number of carboxylic acid groups (broad SMARTS) is 2. The molecule has 11 aliphatic rings. The summed E-state index contributed by atoms with van der Waals surface area (Å²) in [5.41, 5.74) is 0. The Bertz CT molecular complexity index is 1360. The van der Waals surface area contributed by atoms with E-state index in [1.807, 2.05) is 0 Å². The van der Waals surface area contributed by atoms with Crippen LogP contribution in [0.25, 0.3) is 0 Å². The monoisotopic (exact) mass is 774 g/mol. The second-order valence-corrected chi connectivity index (χ2v) is 13.0. The van der Waals surface area contributed by atoms with E-state index in [4.69, 9.17) is 37.9 Å². The van der Waals surface area contributed by atoms with Crippen molar-refractivity contribution in [2.75, 3.05) is 13.2 Å². The highest BCUT2D eigenvalue weighted by Gasteiger charge is 2.63. The number of nitrogens with one attached hydrogen (secondary N) is 2. The van der Waals surface area contributed by atoms with E-state index in [9.17, 15) is 75.3 Å². The summed E-state index contributed by atoms with van der Waals surface area (Å²) < 4.78 is 44.3. The number of hydrogen-bond acceptors (Lipinski definition) is 21. The lowest BCUT2D eigenvalue weighted by Gasteiger charge is -2.53. The lowest BCUT2D eigenvalue weighted by atomic mass is 9.91. The van der Waals surface area contributed by atoms with Gasteiger partial charge in [-0.05, 0) is 0 Å². The Morgan fingerprint density at radius 3 is 1.53 bits per heavy atom. The molecule has 0 aromatic heterocycles. The van der Waals surface area contributed by atoms with Gasteiger partial charge in [-0.3, -0.25) is 9.59 Å². The molecule has 11 heterocycles. The fourth-order valence-corrected chi connectivity index (χ4v) is 6.73. The molecule has 11 fully saturated rings. The van der Waals surface area contributed by atoms with E-state index in [-0.39, 0.29) is 0 Å². The lowest BCUT2D eigenvalue weighted by molar-refractivity contribution is -0.439. The van der Waals surface area contributed by atoms with Crippen LogP contribution < -0.4 is 10.6 Å². The number of aliphatic carboxylic acids is 2. The Morgan fingerprint density at radius 1 is 0.566 bits per heavy atom. The minimum absolute atomic E-state index is 0.846. The summed E-state index contributed by atoms with van der Waals surface area (Å²) in [5.74, 6) is -8.79. The molecule has 0 radical (unpaired) electrons. The van der Waals surface area contributed by atoms with Gasteiger partial charge in [0.2, 0.25) is 17.6 Å². The van der Waals surface area contributed by atoms with Gasteiger partial charge in [-0.25, -0.2) is 9.59 Å². The predicted molar refractivity (Wildman–Crippen MR) is 156 cm³/mol. The molecule has 302 valence electrons. The van der Waals surface area contributed by atoms with Gasteiger partial charge in [0, 0.05) is 13.8 Å². The molecule has 11 saturated heterocycles. The molecule has 2 amide bonds. The first-order valence-electron chi connectivity index (χ1n) is 16.1. The van der Waals surface area contributed by atoms with Crippen molar-refractivity contribution in [2.24, 2.45) is 0 Å². The Morgan fingerprint density at radius 2 is 1.04 bits per heavy atom. The fraction of sp³-hybridized carbons (Fsp3) is 0.857. The third kappa shape index (κ3) is 7.85. The topological polar surface area (TPSA) is 389 Å². The Hall–Kier alpha value is -2.80. The predicted octanol–water partition coefficient (Wildman–Crippen LogP) is -8.91. The van der Waals surface area contributed by atoms with E-state index < -0.39 is 159 Å². The number of carbonyl (C=O) groups excluding carboxylic acids is 2. The zero-order valence-corrected chi connectivity index (χ0v) is 27.7. The van der Waals surface area contributed by atoms with Gasteiger partial charge < -0.3 is 105 Å². The summed E-state index contributed by atoms with van der Waals surface area (Å²) in [6.07, 6.45) is -37.1. The third-order valence-electron chi connectivity index (χ3n) is 9.33. The van der Waals surface area contributed by atoms with Crippen molar-refractivity contribution in [3.63, 3.8) is 0 Å². The summed E-state index contributed by atoms with van der Waals surface area (Å²) in [5, 5.41) is 124. The van der Waals surface area contributed by atoms with Crippen LogP contribution in [0.4, 0.5) is 0 Å². The summed E-state index contributed by atoms with van der Waals surface area (Å²) in [6, 6.07) is -3.77. The van der Waals surface area contributed by atoms with Gasteiger partial charge in [-0.2, -0.15) is 0 Å². The van der Waals surface area contributed by atoms with Crippen LogP contribution in [0.5, 0.6) is 0 Å². The van der Waals surface area contributed by atoms with Crippen LogP contribution in [0.1, 0.15) is 13.8 Å². The van der Waals surface area contributed by atoms with Gasteiger partial charge in [-0.1, -0.05) is 0 Å². The first-order chi connectivity index (χ1) is 24.8. The Kier molecular flexibility index (Phi) is 12.6. The van der Waals surface area contributed by atoms with Crippen LogP contribution in [-0.4, -0.2) is 216 Å². The quantitative estimate of drug-likeness (QED) is 0.119. The highest BCUT2D eigenvalue weighted by Crippen LogP contribution is 2.39. The molecule has 25 heteroatoms. The smallest absolute Gasteiger partial charge is 0.335 e. The number of carbonyl (C=O) groups is 4. The normalized spacial score (nSPS) is 48.9. The maximum Gasteiger partial charge on any atom is 0.335 e. The first kappa shape index (κ1) is 41.4. The average molecular weight is 775 g/mol. The number of aliphatic hydroxyl groups is 9. The van der Waals surface area contributed by atoms with Crippen LogP contribution in [0.2, 0.25) is 0 Å². The van der Waals surface area contributed by atoms with Gasteiger partial charge in [-0.15, -0.1) is 0 Å². The van der Waals surface area contributed by atoms with Crippen molar-refractivity contribution in [3.05, 3.63) is 0 Å². The number of aliphatic hydroxyl groups excluding tert-OH is 8. The molecule has 0 saturated carbocycles. The minimum Gasteiger partial charge on any atom is -0.479 e. The molecule has 0 spiro atoms. The van der Waals surface area contributed by atoms with Gasteiger partial charge in [0.1, 0.15) is 79.2 Å². The summed E-state index contributed by atoms with van der Waals surface area (Å²) >= 11 is 0. The van der Waals surface area contributed by atoms with Crippen molar-refractivity contribution >= 4 is 23.8 Å². The molecular weight excluding hydrogens is 732 g/mol. The number of amides is 2. The average Bonchev–Trinajstić information content (AvgIpc) is 3.08. The van der Waals surface area contributed by atoms with Crippen molar-refractivity contribution in [1.29, 1.82) is 0 Å². The first-order valence-corrected chi connectivity index (χ1v) is 16.1. The van der Waals surface area contributed by atoms with Crippen LogP contribution >= 0.6 is 0 Å². The molecule has 0 unspecified atom stereocenters. The maximum atomic E-state index is 12.4. The molecular formula is C28H42N2O23. The molecule has 8 bridgehead atoms. The van der Waals surface area contributed by atoms with Crippen molar-refractivity contribution in [1.82, 2.24) is 10.6 Å².